The van der Waals surface area contributed by atoms with Gasteiger partial charge in [0.25, 0.3) is 0 Å². The van der Waals surface area contributed by atoms with Crippen molar-refractivity contribution in [2.75, 3.05) is 33.3 Å². The number of rotatable bonds is 6. The Kier molecular flexibility index (Phi) is 13.2. The van der Waals surface area contributed by atoms with E-state index in [1.807, 2.05) is 60.7 Å². The molecule has 4 heterocycles. The number of hydrogen-bond acceptors (Lipinski definition) is 11. The van der Waals surface area contributed by atoms with Crippen molar-refractivity contribution >= 4 is 36.3 Å². The van der Waals surface area contributed by atoms with Crippen LogP contribution in [0.15, 0.2) is 60.7 Å². The molecule has 0 bridgehead atoms. The Morgan fingerprint density at radius 2 is 0.982 bits per heavy atom. The van der Waals surface area contributed by atoms with Crippen molar-refractivity contribution in [3.63, 3.8) is 0 Å². The van der Waals surface area contributed by atoms with Crippen molar-refractivity contribution in [3.05, 3.63) is 71.8 Å². The first-order valence-electron chi connectivity index (χ1n) is 19.1. The molecule has 6 atom stereocenters. The highest BCUT2D eigenvalue weighted by Crippen LogP contribution is 2.39. The van der Waals surface area contributed by atoms with Gasteiger partial charge in [-0.15, -0.1) is 0 Å². The maximum Gasteiger partial charge on any atom is 0.410 e. The number of hydrogen-bond donors (Lipinski definition) is 1. The highest BCUT2D eigenvalue weighted by Gasteiger charge is 2.57. The van der Waals surface area contributed by atoms with Crippen LogP contribution >= 0.6 is 0 Å². The topological polar surface area (TPSA) is 182 Å². The fraction of sp³-hybridized carbons (Fsp3) is 0.561. The summed E-state index contributed by atoms with van der Waals surface area (Å²) in [6, 6.07) is 16.9. The number of aliphatic carboxylic acids is 1. The normalized spacial score (nSPS) is 23.8. The SMILES string of the molecule is CC(C)(C)OC(=O)N1CC[C@@H]2[C@H]1C(C(=O)O)CN2C(=O)OCc1ccccc1.COC(=O)C1CN(C(=O)OCc2ccccc2)[C@@H]2CCN(C(=O)OC(C)(C)C)[C@H]12. The first-order valence-corrected chi connectivity index (χ1v) is 19.1. The number of benzene rings is 2. The van der Waals surface area contributed by atoms with Gasteiger partial charge < -0.3 is 48.4 Å². The van der Waals surface area contributed by atoms with Crippen molar-refractivity contribution in [2.24, 2.45) is 11.8 Å². The van der Waals surface area contributed by atoms with Gasteiger partial charge in [0.15, 0.2) is 0 Å². The molecule has 0 aromatic heterocycles. The number of carbonyl (C=O) groups is 6. The van der Waals surface area contributed by atoms with Gasteiger partial charge in [0.05, 0.1) is 43.1 Å². The Balaban J connectivity index is 0.000000218. The largest absolute Gasteiger partial charge is 0.481 e. The number of carbonyl (C=O) groups excluding carboxylic acids is 5. The number of esters is 1. The zero-order valence-electron chi connectivity index (χ0n) is 33.6. The van der Waals surface area contributed by atoms with Gasteiger partial charge in [-0.1, -0.05) is 60.7 Å². The van der Waals surface area contributed by atoms with E-state index in [2.05, 4.69) is 0 Å². The molecule has 16 nitrogen and oxygen atoms in total. The lowest BCUT2D eigenvalue weighted by molar-refractivity contribution is -0.146. The third kappa shape index (κ3) is 10.5. The molecule has 1 N–H and O–H groups in total. The first kappa shape index (κ1) is 42.6. The van der Waals surface area contributed by atoms with Crippen LogP contribution in [0.3, 0.4) is 0 Å². The highest BCUT2D eigenvalue weighted by molar-refractivity contribution is 5.80. The van der Waals surface area contributed by atoms with Gasteiger partial charge in [0.1, 0.15) is 24.4 Å². The Hall–Kier alpha value is -5.54. The lowest BCUT2D eigenvalue weighted by Gasteiger charge is -2.30. The van der Waals surface area contributed by atoms with Gasteiger partial charge in [-0.3, -0.25) is 9.59 Å². The Morgan fingerprint density at radius 1 is 0.596 bits per heavy atom. The Bertz CT molecular complexity index is 1760. The van der Waals surface area contributed by atoms with Crippen molar-refractivity contribution in [1.82, 2.24) is 19.6 Å². The minimum absolute atomic E-state index is 0.0115. The van der Waals surface area contributed by atoms with E-state index >= 15 is 0 Å². The molecule has 16 heteroatoms. The Labute approximate surface area is 332 Å². The van der Waals surface area contributed by atoms with Gasteiger partial charge >= 0.3 is 36.3 Å². The fourth-order valence-electron chi connectivity index (χ4n) is 7.84. The van der Waals surface area contributed by atoms with Gasteiger partial charge in [-0.05, 0) is 65.5 Å². The van der Waals surface area contributed by atoms with Crippen LogP contribution in [0.2, 0.25) is 0 Å². The third-order valence-corrected chi connectivity index (χ3v) is 10.2. The number of carboxylic acids is 1. The molecular formula is C41H54N4O12. The molecule has 310 valence electrons. The smallest absolute Gasteiger partial charge is 0.410 e. The molecule has 4 saturated heterocycles. The van der Waals surface area contributed by atoms with E-state index in [0.29, 0.717) is 25.9 Å². The molecule has 2 aromatic rings. The number of nitrogens with zero attached hydrogens (tertiary/aromatic N) is 4. The molecule has 0 aliphatic carbocycles. The molecular weight excluding hydrogens is 740 g/mol. The van der Waals surface area contributed by atoms with E-state index in [-0.39, 0.29) is 32.3 Å². The maximum atomic E-state index is 12.7. The molecule has 4 fully saturated rings. The number of amides is 4. The zero-order valence-corrected chi connectivity index (χ0v) is 33.6. The molecule has 4 aliphatic rings. The molecule has 4 amide bonds. The monoisotopic (exact) mass is 794 g/mol. The lowest BCUT2D eigenvalue weighted by atomic mass is 10.00. The zero-order chi connectivity index (χ0) is 41.7. The summed E-state index contributed by atoms with van der Waals surface area (Å²) in [7, 11) is 1.31. The molecule has 0 saturated carbocycles. The summed E-state index contributed by atoms with van der Waals surface area (Å²) in [6.45, 7) is 11.8. The first-order chi connectivity index (χ1) is 26.9. The molecule has 4 aliphatic heterocycles. The van der Waals surface area contributed by atoms with Crippen LogP contribution in [-0.2, 0) is 46.5 Å². The van der Waals surface area contributed by atoms with Crippen molar-refractivity contribution in [3.8, 4) is 0 Å². The number of likely N-dealkylation sites (tertiary alicyclic amines) is 4. The molecule has 57 heavy (non-hydrogen) atoms. The second-order valence-electron chi connectivity index (χ2n) is 16.5. The van der Waals surface area contributed by atoms with Crippen LogP contribution in [0.5, 0.6) is 0 Å². The van der Waals surface area contributed by atoms with Crippen LogP contribution in [0, 0.1) is 11.8 Å². The summed E-state index contributed by atoms with van der Waals surface area (Å²) >= 11 is 0. The summed E-state index contributed by atoms with van der Waals surface area (Å²) in [4.78, 5) is 80.7. The van der Waals surface area contributed by atoms with Crippen LogP contribution in [0.1, 0.15) is 65.5 Å². The van der Waals surface area contributed by atoms with E-state index in [0.717, 1.165) is 11.1 Å². The number of fused-ring (bicyclic) bond motifs is 2. The van der Waals surface area contributed by atoms with Gasteiger partial charge in [0, 0.05) is 26.2 Å². The van der Waals surface area contributed by atoms with Crippen molar-refractivity contribution < 1.29 is 57.6 Å². The molecule has 2 aromatic carbocycles. The van der Waals surface area contributed by atoms with Crippen molar-refractivity contribution in [1.29, 1.82) is 0 Å². The summed E-state index contributed by atoms with van der Waals surface area (Å²) in [5, 5.41) is 9.64. The standard InChI is InChI=1S/C21H28N2O6.C20H26N2O6/c1-21(2,3)29-20(26)22-11-10-16-17(22)15(18(24)27-4)12-23(16)19(25)28-13-14-8-6-5-7-9-14;1-20(2,3)28-19(26)21-10-9-15-16(21)14(17(23)24)11-22(15)18(25)27-12-13-7-5-4-6-8-13/h5-9,15-17H,10-13H2,1-4H3;4-8,14-16H,9-12H2,1-3H3,(H,23,24)/t15?,16-,17-;14?,15-,16-/m11/s1. The van der Waals surface area contributed by atoms with E-state index < -0.39 is 77.5 Å². The van der Waals surface area contributed by atoms with E-state index in [9.17, 15) is 33.9 Å². The number of methoxy groups -OCH3 is 1. The van der Waals surface area contributed by atoms with Gasteiger partial charge in [-0.25, -0.2) is 19.2 Å². The average molecular weight is 795 g/mol. The van der Waals surface area contributed by atoms with Crippen molar-refractivity contribution in [2.45, 2.75) is 103 Å². The fourth-order valence-corrected chi connectivity index (χ4v) is 7.84. The molecule has 0 radical (unpaired) electrons. The van der Waals surface area contributed by atoms with E-state index in [4.69, 9.17) is 23.7 Å². The molecule has 6 rings (SSSR count). The number of carboxylic acid groups (broad SMARTS) is 1. The van der Waals surface area contributed by atoms with Crippen LogP contribution in [0.4, 0.5) is 19.2 Å². The number of ether oxygens (including phenoxy) is 5. The van der Waals surface area contributed by atoms with E-state index in [1.165, 1.54) is 16.9 Å². The predicted molar refractivity (Wildman–Crippen MR) is 204 cm³/mol. The molecule has 2 unspecified atom stereocenters. The van der Waals surface area contributed by atoms with Crippen LogP contribution in [0.25, 0.3) is 0 Å². The summed E-state index contributed by atoms with van der Waals surface area (Å²) in [5.41, 5.74) is 0.398. The van der Waals surface area contributed by atoms with Gasteiger partial charge in [0.2, 0.25) is 0 Å². The van der Waals surface area contributed by atoms with E-state index in [1.54, 1.807) is 51.3 Å². The average Bonchev–Trinajstić information content (AvgIpc) is 3.94. The third-order valence-electron chi connectivity index (χ3n) is 10.2. The highest BCUT2D eigenvalue weighted by atomic mass is 16.6. The molecule has 0 spiro atoms. The maximum absolute atomic E-state index is 12.7. The second kappa shape index (κ2) is 17.7. The minimum Gasteiger partial charge on any atom is -0.481 e. The predicted octanol–water partition coefficient (Wildman–Crippen LogP) is 5.52. The minimum atomic E-state index is -1.04. The van der Waals surface area contributed by atoms with Gasteiger partial charge in [-0.2, -0.15) is 0 Å². The second-order valence-corrected chi connectivity index (χ2v) is 16.5. The quantitative estimate of drug-likeness (QED) is 0.286. The summed E-state index contributed by atoms with van der Waals surface area (Å²) < 4.78 is 26.7. The Morgan fingerprint density at radius 3 is 1.35 bits per heavy atom. The summed E-state index contributed by atoms with van der Waals surface area (Å²) in [5.74, 6) is -2.99. The van der Waals surface area contributed by atoms with Crippen LogP contribution in [-0.4, -0.2) is 130 Å². The lowest BCUT2D eigenvalue weighted by Crippen LogP contribution is -2.47. The summed E-state index contributed by atoms with van der Waals surface area (Å²) in [6.07, 6.45) is -1.05. The van der Waals surface area contributed by atoms with Crippen LogP contribution < -0.4 is 0 Å².